The van der Waals surface area contributed by atoms with Gasteiger partial charge in [-0.15, -0.1) is 0 Å². The highest BCUT2D eigenvalue weighted by Crippen LogP contribution is 2.04. The molecule has 0 fully saturated rings. The van der Waals surface area contributed by atoms with Gasteiger partial charge in [0, 0.05) is 24.5 Å². The zero-order chi connectivity index (χ0) is 13.8. The molecular formula is C12H20N2O3S. The number of nitrogens with two attached hydrogens (primary N) is 1. The number of aryl methyl sites for hydroxylation is 1. The van der Waals surface area contributed by atoms with Crippen molar-refractivity contribution in [2.45, 2.75) is 26.8 Å². The van der Waals surface area contributed by atoms with E-state index < -0.39 is 9.84 Å². The van der Waals surface area contributed by atoms with E-state index in [1.165, 1.54) is 22.9 Å². The van der Waals surface area contributed by atoms with Gasteiger partial charge in [0.2, 0.25) is 0 Å². The summed E-state index contributed by atoms with van der Waals surface area (Å²) in [6, 6.07) is 2.92. The first-order valence-electron chi connectivity index (χ1n) is 5.96. The molecule has 0 unspecified atom stereocenters. The van der Waals surface area contributed by atoms with E-state index in [9.17, 15) is 13.2 Å². The summed E-state index contributed by atoms with van der Waals surface area (Å²) in [5, 5.41) is 0. The molecule has 2 N–H and O–H groups in total. The molecular weight excluding hydrogens is 252 g/mol. The van der Waals surface area contributed by atoms with E-state index in [0.717, 1.165) is 0 Å². The second-order valence-electron chi connectivity index (χ2n) is 4.86. The largest absolute Gasteiger partial charge is 0.398 e. The molecule has 0 aliphatic rings. The third-order valence-electron chi connectivity index (χ3n) is 2.45. The molecule has 1 heterocycles. The Kier molecular flexibility index (Phi) is 4.95. The number of sulfone groups is 1. The lowest BCUT2D eigenvalue weighted by Gasteiger charge is -2.08. The third kappa shape index (κ3) is 4.91. The number of aromatic nitrogens is 1. The van der Waals surface area contributed by atoms with Gasteiger partial charge in [0.05, 0.1) is 11.5 Å². The van der Waals surface area contributed by atoms with Crippen LogP contribution in [0.15, 0.2) is 23.1 Å². The molecule has 0 aromatic carbocycles. The monoisotopic (exact) mass is 272 g/mol. The molecule has 0 radical (unpaired) electrons. The zero-order valence-corrected chi connectivity index (χ0v) is 11.6. The van der Waals surface area contributed by atoms with Crippen LogP contribution in [0.4, 0.5) is 5.69 Å². The third-order valence-corrected chi connectivity index (χ3v) is 4.53. The smallest absolute Gasteiger partial charge is 0.250 e. The van der Waals surface area contributed by atoms with Gasteiger partial charge in [0.15, 0.2) is 9.84 Å². The van der Waals surface area contributed by atoms with Gasteiger partial charge < -0.3 is 10.3 Å². The van der Waals surface area contributed by atoms with Crippen molar-refractivity contribution in [1.82, 2.24) is 4.57 Å². The van der Waals surface area contributed by atoms with Crippen LogP contribution in [-0.2, 0) is 16.4 Å². The fraction of sp³-hybridized carbons (Fsp3) is 0.583. The lowest BCUT2D eigenvalue weighted by atomic mass is 10.3. The molecule has 0 saturated carbocycles. The molecule has 0 atom stereocenters. The Bertz CT molecular complexity index is 547. The lowest BCUT2D eigenvalue weighted by Crippen LogP contribution is -2.22. The highest BCUT2D eigenvalue weighted by atomic mass is 32.2. The first-order chi connectivity index (χ1) is 8.30. The minimum Gasteiger partial charge on any atom is -0.398 e. The SMILES string of the molecule is CC(C)CS(=O)(=O)CCCn1cc(N)ccc1=O. The number of hydrogen-bond donors (Lipinski definition) is 1. The Labute approximate surface area is 108 Å². The van der Waals surface area contributed by atoms with Gasteiger partial charge >= 0.3 is 0 Å². The van der Waals surface area contributed by atoms with Crippen molar-refractivity contribution in [1.29, 1.82) is 0 Å². The molecule has 0 aliphatic carbocycles. The van der Waals surface area contributed by atoms with Crippen molar-refractivity contribution in [2.75, 3.05) is 17.2 Å². The number of pyridine rings is 1. The van der Waals surface area contributed by atoms with Gasteiger partial charge in [-0.25, -0.2) is 8.42 Å². The Hall–Kier alpha value is -1.30. The Morgan fingerprint density at radius 1 is 1.33 bits per heavy atom. The van der Waals surface area contributed by atoms with Gasteiger partial charge in [0.1, 0.15) is 0 Å². The molecule has 0 saturated heterocycles. The molecule has 5 nitrogen and oxygen atoms in total. The van der Waals surface area contributed by atoms with Crippen molar-refractivity contribution >= 4 is 15.5 Å². The summed E-state index contributed by atoms with van der Waals surface area (Å²) in [6.45, 7) is 4.13. The quantitative estimate of drug-likeness (QED) is 0.833. The van der Waals surface area contributed by atoms with Gasteiger partial charge in [0.25, 0.3) is 5.56 Å². The number of anilines is 1. The van der Waals surface area contributed by atoms with Crippen molar-refractivity contribution in [3.63, 3.8) is 0 Å². The predicted octanol–water partition coefficient (Wildman–Crippen LogP) is 0.891. The highest BCUT2D eigenvalue weighted by molar-refractivity contribution is 7.91. The molecule has 18 heavy (non-hydrogen) atoms. The van der Waals surface area contributed by atoms with Gasteiger partial charge in [-0.2, -0.15) is 0 Å². The molecule has 1 aromatic heterocycles. The van der Waals surface area contributed by atoms with Gasteiger partial charge in [-0.1, -0.05) is 13.8 Å². The predicted molar refractivity (Wildman–Crippen MR) is 73.2 cm³/mol. The van der Waals surface area contributed by atoms with E-state index in [1.807, 2.05) is 13.8 Å². The van der Waals surface area contributed by atoms with E-state index in [2.05, 4.69) is 0 Å². The van der Waals surface area contributed by atoms with Crippen LogP contribution in [0.2, 0.25) is 0 Å². The van der Waals surface area contributed by atoms with Crippen molar-refractivity contribution < 1.29 is 8.42 Å². The van der Waals surface area contributed by atoms with Crippen LogP contribution >= 0.6 is 0 Å². The fourth-order valence-electron chi connectivity index (χ4n) is 1.77. The van der Waals surface area contributed by atoms with Crippen LogP contribution in [-0.4, -0.2) is 24.5 Å². The Balaban J connectivity index is 2.57. The zero-order valence-electron chi connectivity index (χ0n) is 10.8. The van der Waals surface area contributed by atoms with E-state index in [1.54, 1.807) is 0 Å². The Morgan fingerprint density at radius 3 is 2.61 bits per heavy atom. The number of hydrogen-bond acceptors (Lipinski definition) is 4. The van der Waals surface area contributed by atoms with Crippen molar-refractivity contribution in [2.24, 2.45) is 5.92 Å². The van der Waals surface area contributed by atoms with Crippen LogP contribution < -0.4 is 11.3 Å². The van der Waals surface area contributed by atoms with E-state index >= 15 is 0 Å². The number of nitrogens with zero attached hydrogens (tertiary/aromatic N) is 1. The highest BCUT2D eigenvalue weighted by Gasteiger charge is 2.12. The van der Waals surface area contributed by atoms with E-state index in [-0.39, 0.29) is 23.0 Å². The second-order valence-corrected chi connectivity index (χ2v) is 7.08. The van der Waals surface area contributed by atoms with Crippen molar-refractivity contribution in [3.8, 4) is 0 Å². The maximum absolute atomic E-state index is 11.7. The normalized spacial score (nSPS) is 11.9. The maximum atomic E-state index is 11.7. The van der Waals surface area contributed by atoms with Crippen LogP contribution in [0.25, 0.3) is 0 Å². The van der Waals surface area contributed by atoms with Gasteiger partial charge in [-0.3, -0.25) is 4.79 Å². The molecule has 0 aliphatic heterocycles. The summed E-state index contributed by atoms with van der Waals surface area (Å²) in [5.74, 6) is 0.427. The molecule has 0 bridgehead atoms. The fourth-order valence-corrected chi connectivity index (χ4v) is 3.52. The summed E-state index contributed by atoms with van der Waals surface area (Å²) in [6.07, 6.45) is 1.97. The maximum Gasteiger partial charge on any atom is 0.250 e. The minimum atomic E-state index is -3.02. The van der Waals surface area contributed by atoms with E-state index in [4.69, 9.17) is 5.73 Å². The second kappa shape index (κ2) is 6.04. The number of nitrogen functional groups attached to an aromatic ring is 1. The summed E-state index contributed by atoms with van der Waals surface area (Å²) < 4.78 is 24.8. The topological polar surface area (TPSA) is 82.2 Å². The Morgan fingerprint density at radius 2 is 2.00 bits per heavy atom. The molecule has 102 valence electrons. The van der Waals surface area contributed by atoms with E-state index in [0.29, 0.717) is 18.7 Å². The van der Waals surface area contributed by atoms with Crippen LogP contribution in [0, 0.1) is 5.92 Å². The first kappa shape index (κ1) is 14.8. The summed E-state index contributed by atoms with van der Waals surface area (Å²) in [7, 11) is -3.02. The standard InChI is InChI=1S/C12H20N2O3S/c1-10(2)9-18(16,17)7-3-6-14-8-11(13)4-5-12(14)15/h4-5,8,10H,3,6-7,9,13H2,1-2H3. The summed E-state index contributed by atoms with van der Waals surface area (Å²) in [5.41, 5.74) is 5.91. The molecule has 6 heteroatoms. The van der Waals surface area contributed by atoms with Crippen LogP contribution in [0.3, 0.4) is 0 Å². The van der Waals surface area contributed by atoms with Crippen LogP contribution in [0.5, 0.6) is 0 Å². The average Bonchev–Trinajstić information content (AvgIpc) is 2.21. The van der Waals surface area contributed by atoms with Crippen molar-refractivity contribution in [3.05, 3.63) is 28.7 Å². The summed E-state index contributed by atoms with van der Waals surface area (Å²) in [4.78, 5) is 11.5. The minimum absolute atomic E-state index is 0.104. The lowest BCUT2D eigenvalue weighted by molar-refractivity contribution is 0.572. The van der Waals surface area contributed by atoms with Gasteiger partial charge in [-0.05, 0) is 18.4 Å². The molecule has 1 aromatic rings. The first-order valence-corrected chi connectivity index (χ1v) is 7.79. The molecule has 1 rings (SSSR count). The average molecular weight is 272 g/mol. The van der Waals surface area contributed by atoms with Crippen LogP contribution in [0.1, 0.15) is 20.3 Å². The molecule has 0 amide bonds. The summed E-state index contributed by atoms with van der Waals surface area (Å²) >= 11 is 0. The number of rotatable bonds is 6. The molecule has 0 spiro atoms.